The molecule has 48 heavy (non-hydrogen) atoms. The third-order valence-corrected chi connectivity index (χ3v) is 10.7. The van der Waals surface area contributed by atoms with Gasteiger partial charge < -0.3 is 30.3 Å². The van der Waals surface area contributed by atoms with Gasteiger partial charge >= 0.3 is 21.5 Å². The Morgan fingerprint density at radius 2 is 1.92 bits per heavy atom. The predicted molar refractivity (Wildman–Crippen MR) is 170 cm³/mol. The number of aromatic nitrogens is 4. The maximum absolute atomic E-state index is 13.6. The summed E-state index contributed by atoms with van der Waals surface area (Å²) in [6, 6.07) is -1.33. The van der Waals surface area contributed by atoms with E-state index in [0.29, 0.717) is 0 Å². The van der Waals surface area contributed by atoms with E-state index >= 15 is 0 Å². The van der Waals surface area contributed by atoms with Crippen molar-refractivity contribution >= 4 is 44.4 Å². The number of anilines is 1. The number of allylic oxidation sites excluding steroid dienone is 1. The second-order valence-electron chi connectivity index (χ2n) is 11.2. The predicted octanol–water partition coefficient (Wildman–Crippen LogP) is 1.85. The molecular weight excluding hydrogens is 678 g/mol. The number of rotatable bonds is 21. The third kappa shape index (κ3) is 10.8. The summed E-state index contributed by atoms with van der Waals surface area (Å²) < 4.78 is 53.9. The molecule has 2 aromatic rings. The highest BCUT2D eigenvalue weighted by atomic mass is 31.3. The van der Waals surface area contributed by atoms with E-state index in [2.05, 4.69) is 26.6 Å². The molecule has 0 amide bonds. The fourth-order valence-corrected chi connectivity index (χ4v) is 7.92. The molecule has 3 rings (SSSR count). The first kappa shape index (κ1) is 39.6. The molecule has 2 aromatic heterocycles. The van der Waals surface area contributed by atoms with E-state index < -0.39 is 64.3 Å². The van der Waals surface area contributed by atoms with Crippen LogP contribution in [0.2, 0.25) is 0 Å². The number of H-pyrrole nitrogens is 1. The van der Waals surface area contributed by atoms with Crippen molar-refractivity contribution in [3.05, 3.63) is 29.3 Å². The zero-order valence-corrected chi connectivity index (χ0v) is 28.7. The van der Waals surface area contributed by atoms with E-state index in [9.17, 15) is 38.6 Å². The lowest BCUT2D eigenvalue weighted by molar-refractivity contribution is -0.146. The minimum Gasteiger partial charge on any atom is -0.464 e. The molecule has 0 saturated carbocycles. The van der Waals surface area contributed by atoms with Gasteiger partial charge in [0, 0.05) is 6.42 Å². The maximum atomic E-state index is 13.6. The molecule has 1 aliphatic rings. The largest absolute Gasteiger partial charge is 0.480 e. The number of carbonyl (C=O) groups is 2. The van der Waals surface area contributed by atoms with Gasteiger partial charge in [0.15, 0.2) is 23.2 Å². The van der Waals surface area contributed by atoms with Crippen molar-refractivity contribution in [2.45, 2.75) is 89.9 Å². The Labute approximate surface area is 276 Å². The van der Waals surface area contributed by atoms with Gasteiger partial charge in [-0.25, -0.2) is 19.2 Å². The number of ketones is 1. The lowest BCUT2D eigenvalue weighted by Crippen LogP contribution is -2.35. The van der Waals surface area contributed by atoms with Gasteiger partial charge in [-0.05, 0) is 38.2 Å². The van der Waals surface area contributed by atoms with Gasteiger partial charge in [0.2, 0.25) is 5.95 Å². The fourth-order valence-electron chi connectivity index (χ4n) is 4.91. The first-order chi connectivity index (χ1) is 22.6. The number of phosphoric acid groups is 1. The number of fused-ring (bicyclic) bond motifs is 1. The summed E-state index contributed by atoms with van der Waals surface area (Å²) in [4.78, 5) is 57.1. The summed E-state index contributed by atoms with van der Waals surface area (Å²) in [5.74, 6) is -1.26. The lowest BCUT2D eigenvalue weighted by atomic mass is 9.99. The molecule has 1 aliphatic heterocycles. The highest BCUT2D eigenvalue weighted by molar-refractivity contribution is 7.63. The molecule has 0 aliphatic carbocycles. The molecule has 7 N–H and O–H groups in total. The van der Waals surface area contributed by atoms with Crippen molar-refractivity contribution in [1.29, 1.82) is 0 Å². The number of nitrogens with one attached hydrogen (secondary N) is 2. The first-order valence-corrected chi connectivity index (χ1v) is 18.4. The second-order valence-corrected chi connectivity index (χ2v) is 14.6. The van der Waals surface area contributed by atoms with Crippen LogP contribution in [-0.4, -0.2) is 90.6 Å². The Morgan fingerprint density at radius 3 is 2.56 bits per heavy atom. The summed E-state index contributed by atoms with van der Waals surface area (Å²) in [6.07, 6.45) is -0.483. The second kappa shape index (κ2) is 17.7. The van der Waals surface area contributed by atoms with Crippen molar-refractivity contribution in [2.75, 3.05) is 25.6 Å². The normalized spacial score (nSPS) is 22.7. The molecule has 0 radical (unpaired) electrons. The van der Waals surface area contributed by atoms with E-state index in [4.69, 9.17) is 28.6 Å². The van der Waals surface area contributed by atoms with Crippen LogP contribution in [0.3, 0.4) is 0 Å². The highest BCUT2D eigenvalue weighted by Crippen LogP contribution is 2.61. The Morgan fingerprint density at radius 1 is 1.23 bits per heavy atom. The molecule has 270 valence electrons. The van der Waals surface area contributed by atoms with Gasteiger partial charge in [0.1, 0.15) is 24.4 Å². The van der Waals surface area contributed by atoms with E-state index in [1.807, 2.05) is 13.8 Å². The minimum atomic E-state index is -5.31. The summed E-state index contributed by atoms with van der Waals surface area (Å²) in [5, 5.41) is 23.5. The number of nitrogens with zero attached hydrogens (tertiary/aromatic N) is 3. The van der Waals surface area contributed by atoms with Gasteiger partial charge in [-0.15, -0.1) is 0 Å². The molecule has 1 saturated heterocycles. The summed E-state index contributed by atoms with van der Waals surface area (Å²) in [6.45, 7) is 7.54. The van der Waals surface area contributed by atoms with Gasteiger partial charge in [-0.1, -0.05) is 33.3 Å². The highest BCUT2D eigenvalue weighted by Gasteiger charge is 2.46. The van der Waals surface area contributed by atoms with Gasteiger partial charge in [0.25, 0.3) is 5.56 Å². The van der Waals surface area contributed by atoms with Crippen molar-refractivity contribution in [1.82, 2.24) is 24.6 Å². The number of esters is 1. The number of aliphatic hydroxyl groups is 2. The number of phosphoric ester groups is 1. The van der Waals surface area contributed by atoms with E-state index in [-0.39, 0.29) is 54.9 Å². The Kier molecular flexibility index (Phi) is 14.6. The third-order valence-electron chi connectivity index (χ3n) is 7.29. The van der Waals surface area contributed by atoms with Crippen LogP contribution in [0.4, 0.5) is 5.95 Å². The smallest absolute Gasteiger partial charge is 0.464 e. The van der Waals surface area contributed by atoms with Gasteiger partial charge in [-0.2, -0.15) is 9.29 Å². The number of nitrogens with two attached hydrogens (primary N) is 1. The van der Waals surface area contributed by atoms with Gasteiger partial charge in [-0.3, -0.25) is 33.0 Å². The fraction of sp³-hybridized carbons (Fsp3) is 0.667. The van der Waals surface area contributed by atoms with E-state index in [1.165, 1.54) is 6.92 Å². The average molecular weight is 723 g/mol. The molecule has 2 unspecified atom stereocenters. The number of carbonyl (C=O) groups excluding carboxylic acids is 2. The maximum Gasteiger partial charge on any atom is 0.480 e. The van der Waals surface area contributed by atoms with Crippen molar-refractivity contribution < 1.29 is 56.7 Å². The molecule has 0 aromatic carbocycles. The number of ether oxygens (including phenoxy) is 2. The summed E-state index contributed by atoms with van der Waals surface area (Å²) in [7, 11) is -10.1. The van der Waals surface area contributed by atoms with Crippen LogP contribution in [0.15, 0.2) is 23.8 Å². The monoisotopic (exact) mass is 722 g/mol. The molecule has 0 bridgehead atoms. The van der Waals surface area contributed by atoms with E-state index in [1.54, 1.807) is 0 Å². The molecule has 0 spiro atoms. The van der Waals surface area contributed by atoms with Crippen molar-refractivity contribution in [3.63, 3.8) is 0 Å². The molecule has 21 heteroatoms. The Bertz CT molecular complexity index is 1560. The number of aliphatic hydroxyl groups excluding tert-OH is 2. The van der Waals surface area contributed by atoms with Crippen LogP contribution >= 0.6 is 15.6 Å². The zero-order chi connectivity index (χ0) is 35.6. The molecular formula is C27H44N6O13P2. The number of hydrogen-bond acceptors (Lipinski definition) is 15. The van der Waals surface area contributed by atoms with Crippen LogP contribution in [0.5, 0.6) is 0 Å². The lowest BCUT2D eigenvalue weighted by Gasteiger charge is -2.25. The van der Waals surface area contributed by atoms with Crippen LogP contribution in [0.25, 0.3) is 11.2 Å². The van der Waals surface area contributed by atoms with Gasteiger partial charge in [0.05, 0.1) is 26.1 Å². The Hall–Kier alpha value is -2.83. The molecule has 19 nitrogen and oxygen atoms in total. The van der Waals surface area contributed by atoms with Crippen LogP contribution in [0.1, 0.15) is 65.5 Å². The van der Waals surface area contributed by atoms with Crippen LogP contribution < -0.4 is 16.4 Å². The molecule has 7 atom stereocenters. The minimum absolute atomic E-state index is 0.0295. The number of imidazole rings is 1. The topological polar surface area (TPSA) is 277 Å². The quantitative estimate of drug-likeness (QED) is 0.0464. The number of nitrogen functional groups attached to an aromatic ring is 1. The molecule has 1 fully saturated rings. The SMILES string of the molecule is C=CC(=O)CCCOP(=O)(N[C@@H](C)C(=O)OCC(CCC)CCC)OP(=O)(O)OC[C@H]1O[C@@H](n2cnc3c(=O)[nH]c(N)nc32)[C@H](O)[C@@H]1O. The van der Waals surface area contributed by atoms with Crippen molar-refractivity contribution in [2.24, 2.45) is 5.92 Å². The summed E-state index contributed by atoms with van der Waals surface area (Å²) in [5.41, 5.74) is 4.75. The molecule has 3 heterocycles. The number of hydrogen-bond donors (Lipinski definition) is 6. The van der Waals surface area contributed by atoms with Crippen LogP contribution in [-0.2, 0) is 41.6 Å². The van der Waals surface area contributed by atoms with E-state index in [0.717, 1.165) is 42.7 Å². The number of aromatic amines is 1. The van der Waals surface area contributed by atoms with Crippen LogP contribution in [0, 0.1) is 5.92 Å². The first-order valence-electron chi connectivity index (χ1n) is 15.4. The summed E-state index contributed by atoms with van der Waals surface area (Å²) >= 11 is 0. The zero-order valence-electron chi connectivity index (χ0n) is 26.9. The Balaban J connectivity index is 1.69. The average Bonchev–Trinajstić information content (AvgIpc) is 3.56. The standard InChI is InChI=1S/C27H44N6O13P2/c1-5-9-17(10-6-2)13-42-26(38)16(4)32-47(39,43-12-8-11-18(34)7-3)46-48(40,41)44-14-19-21(35)22(36)25(45-19)33-15-29-20-23(33)30-27(28)31-24(20)37/h7,15-17,19,21-22,25,35-36H,3,5-6,8-14H2,1-2,4H3,(H,32,39)(H,40,41)(H3,28,30,31,37)/t16-,19+,21+,22+,25+,47?/m0/s1. The van der Waals surface area contributed by atoms with Crippen molar-refractivity contribution in [3.8, 4) is 0 Å².